The Balaban J connectivity index is 1.90. The van der Waals surface area contributed by atoms with Gasteiger partial charge in [0, 0.05) is 18.8 Å². The molecule has 3 heteroatoms. The Morgan fingerprint density at radius 3 is 2.67 bits per heavy atom. The molecule has 0 saturated heterocycles. The lowest BCUT2D eigenvalue weighted by atomic mass is 9.96. The summed E-state index contributed by atoms with van der Waals surface area (Å²) >= 11 is 0. The molecule has 0 aromatic carbocycles. The first-order valence-electron chi connectivity index (χ1n) is 6.08. The average Bonchev–Trinajstić information content (AvgIpc) is 3.06. The largest absolute Gasteiger partial charge is 0.394 e. The first-order chi connectivity index (χ1) is 7.20. The second-order valence-electron chi connectivity index (χ2n) is 4.94. The number of nitrogens with one attached hydrogen (secondary N) is 1. The predicted molar refractivity (Wildman–Crippen MR) is 61.9 cm³/mol. The summed E-state index contributed by atoms with van der Waals surface area (Å²) in [6.07, 6.45) is 5.95. The van der Waals surface area contributed by atoms with E-state index in [2.05, 4.69) is 12.2 Å². The van der Waals surface area contributed by atoms with E-state index in [0.29, 0.717) is 0 Å². The van der Waals surface area contributed by atoms with Crippen molar-refractivity contribution < 1.29 is 9.84 Å². The van der Waals surface area contributed by atoms with Gasteiger partial charge in [0.05, 0.1) is 6.61 Å². The van der Waals surface area contributed by atoms with Crippen molar-refractivity contribution >= 4 is 0 Å². The molecule has 0 aromatic rings. The normalized spacial score (nSPS) is 20.2. The fourth-order valence-electron chi connectivity index (χ4n) is 1.54. The standard InChI is InChI=1S/C12H25NO2/c1-12(10-14,13-2)7-3-4-8-15-9-11-5-6-11/h11,13-14H,3-10H2,1-2H3. The van der Waals surface area contributed by atoms with Gasteiger partial charge in [-0.3, -0.25) is 0 Å². The monoisotopic (exact) mass is 215 g/mol. The highest BCUT2D eigenvalue weighted by Gasteiger charge is 2.21. The van der Waals surface area contributed by atoms with Crippen molar-refractivity contribution in [2.45, 2.75) is 44.6 Å². The highest BCUT2D eigenvalue weighted by Crippen LogP contribution is 2.28. The zero-order chi connectivity index (χ0) is 11.1. The number of aliphatic hydroxyl groups is 1. The summed E-state index contributed by atoms with van der Waals surface area (Å²) < 4.78 is 5.56. The number of aliphatic hydroxyl groups excluding tert-OH is 1. The fraction of sp³-hybridized carbons (Fsp3) is 1.00. The van der Waals surface area contributed by atoms with Crippen LogP contribution in [-0.4, -0.2) is 37.5 Å². The molecule has 1 aliphatic carbocycles. The minimum Gasteiger partial charge on any atom is -0.394 e. The van der Waals surface area contributed by atoms with Gasteiger partial charge in [0.1, 0.15) is 0 Å². The molecule has 0 radical (unpaired) electrons. The van der Waals surface area contributed by atoms with Crippen LogP contribution in [0.5, 0.6) is 0 Å². The Morgan fingerprint density at radius 1 is 1.40 bits per heavy atom. The van der Waals surface area contributed by atoms with Gasteiger partial charge >= 0.3 is 0 Å². The van der Waals surface area contributed by atoms with Crippen molar-refractivity contribution in [3.8, 4) is 0 Å². The highest BCUT2D eigenvalue weighted by atomic mass is 16.5. The lowest BCUT2D eigenvalue weighted by molar-refractivity contribution is 0.115. The second kappa shape index (κ2) is 6.46. The first-order valence-corrected chi connectivity index (χ1v) is 6.08. The summed E-state index contributed by atoms with van der Waals surface area (Å²) in [6, 6.07) is 0. The number of rotatable bonds is 9. The van der Waals surface area contributed by atoms with Crippen molar-refractivity contribution in [1.29, 1.82) is 0 Å². The van der Waals surface area contributed by atoms with Crippen LogP contribution in [0.25, 0.3) is 0 Å². The number of ether oxygens (including phenoxy) is 1. The minimum atomic E-state index is -0.115. The van der Waals surface area contributed by atoms with Gasteiger partial charge < -0.3 is 15.2 Å². The van der Waals surface area contributed by atoms with Crippen LogP contribution in [0.4, 0.5) is 0 Å². The van der Waals surface area contributed by atoms with Gasteiger partial charge in [-0.2, -0.15) is 0 Å². The molecule has 0 heterocycles. The summed E-state index contributed by atoms with van der Waals surface area (Å²) in [5.41, 5.74) is -0.115. The molecule has 0 aromatic heterocycles. The van der Waals surface area contributed by atoms with E-state index in [4.69, 9.17) is 4.74 Å². The minimum absolute atomic E-state index is 0.115. The predicted octanol–water partition coefficient (Wildman–Crippen LogP) is 1.55. The SMILES string of the molecule is CNC(C)(CO)CCCCOCC1CC1. The van der Waals surface area contributed by atoms with Gasteiger partial charge in [0.15, 0.2) is 0 Å². The van der Waals surface area contributed by atoms with E-state index in [0.717, 1.165) is 38.4 Å². The smallest absolute Gasteiger partial charge is 0.0610 e. The Kier molecular flexibility index (Phi) is 5.58. The van der Waals surface area contributed by atoms with Crippen LogP contribution in [0.1, 0.15) is 39.0 Å². The molecule has 90 valence electrons. The maximum absolute atomic E-state index is 9.18. The summed E-state index contributed by atoms with van der Waals surface area (Å²) in [5, 5.41) is 12.3. The third kappa shape index (κ3) is 5.50. The lowest BCUT2D eigenvalue weighted by Crippen LogP contribution is -2.43. The maximum atomic E-state index is 9.18. The van der Waals surface area contributed by atoms with Gasteiger partial charge in [-0.05, 0) is 52.0 Å². The summed E-state index contributed by atoms with van der Waals surface area (Å²) in [5.74, 6) is 0.866. The molecule has 0 bridgehead atoms. The summed E-state index contributed by atoms with van der Waals surface area (Å²) in [6.45, 7) is 4.09. The molecular formula is C12H25NO2. The molecule has 1 unspecified atom stereocenters. The molecule has 0 amide bonds. The summed E-state index contributed by atoms with van der Waals surface area (Å²) in [4.78, 5) is 0. The quantitative estimate of drug-likeness (QED) is 0.573. The topological polar surface area (TPSA) is 41.5 Å². The molecule has 15 heavy (non-hydrogen) atoms. The van der Waals surface area contributed by atoms with Gasteiger partial charge in [-0.25, -0.2) is 0 Å². The molecule has 1 fully saturated rings. The van der Waals surface area contributed by atoms with Crippen LogP contribution in [0.15, 0.2) is 0 Å². The van der Waals surface area contributed by atoms with Crippen LogP contribution in [-0.2, 0) is 4.74 Å². The zero-order valence-corrected chi connectivity index (χ0v) is 10.1. The third-order valence-electron chi connectivity index (χ3n) is 3.27. The van der Waals surface area contributed by atoms with E-state index in [-0.39, 0.29) is 12.1 Å². The zero-order valence-electron chi connectivity index (χ0n) is 10.1. The molecule has 1 saturated carbocycles. The number of likely N-dealkylation sites (N-methyl/N-ethyl adjacent to an activating group) is 1. The van der Waals surface area contributed by atoms with Crippen molar-refractivity contribution in [3.05, 3.63) is 0 Å². The highest BCUT2D eigenvalue weighted by molar-refractivity contribution is 4.80. The Bertz CT molecular complexity index is 165. The molecule has 0 spiro atoms. The molecule has 2 N–H and O–H groups in total. The van der Waals surface area contributed by atoms with Gasteiger partial charge in [0.2, 0.25) is 0 Å². The molecule has 0 aliphatic heterocycles. The van der Waals surface area contributed by atoms with E-state index in [9.17, 15) is 5.11 Å². The Hall–Kier alpha value is -0.120. The average molecular weight is 215 g/mol. The number of hydrogen-bond donors (Lipinski definition) is 2. The van der Waals surface area contributed by atoms with E-state index >= 15 is 0 Å². The van der Waals surface area contributed by atoms with Gasteiger partial charge in [0.25, 0.3) is 0 Å². The molecule has 1 aliphatic rings. The van der Waals surface area contributed by atoms with Crippen LogP contribution in [0.2, 0.25) is 0 Å². The number of unbranched alkanes of at least 4 members (excludes halogenated alkanes) is 1. The van der Waals surface area contributed by atoms with Crippen LogP contribution in [0.3, 0.4) is 0 Å². The Morgan fingerprint density at radius 2 is 2.13 bits per heavy atom. The van der Waals surface area contributed by atoms with E-state index in [1.165, 1.54) is 12.8 Å². The van der Waals surface area contributed by atoms with Crippen LogP contribution >= 0.6 is 0 Å². The van der Waals surface area contributed by atoms with Crippen molar-refractivity contribution in [2.75, 3.05) is 26.9 Å². The van der Waals surface area contributed by atoms with Crippen LogP contribution < -0.4 is 5.32 Å². The van der Waals surface area contributed by atoms with E-state index < -0.39 is 0 Å². The van der Waals surface area contributed by atoms with E-state index in [1.54, 1.807) is 0 Å². The summed E-state index contributed by atoms with van der Waals surface area (Å²) in [7, 11) is 1.90. The van der Waals surface area contributed by atoms with E-state index in [1.807, 2.05) is 7.05 Å². The second-order valence-corrected chi connectivity index (χ2v) is 4.94. The van der Waals surface area contributed by atoms with Crippen molar-refractivity contribution in [1.82, 2.24) is 5.32 Å². The lowest BCUT2D eigenvalue weighted by Gasteiger charge is -2.26. The first kappa shape index (κ1) is 12.9. The van der Waals surface area contributed by atoms with Gasteiger partial charge in [-0.15, -0.1) is 0 Å². The maximum Gasteiger partial charge on any atom is 0.0610 e. The number of hydrogen-bond acceptors (Lipinski definition) is 3. The molecule has 1 rings (SSSR count). The van der Waals surface area contributed by atoms with Gasteiger partial charge in [-0.1, -0.05) is 0 Å². The van der Waals surface area contributed by atoms with Crippen molar-refractivity contribution in [2.24, 2.45) is 5.92 Å². The fourth-order valence-corrected chi connectivity index (χ4v) is 1.54. The Labute approximate surface area is 93.2 Å². The van der Waals surface area contributed by atoms with Crippen molar-refractivity contribution in [3.63, 3.8) is 0 Å². The molecule has 1 atom stereocenters. The third-order valence-corrected chi connectivity index (χ3v) is 3.27. The molecular weight excluding hydrogens is 190 g/mol. The molecule has 3 nitrogen and oxygen atoms in total. The van der Waals surface area contributed by atoms with Crippen LogP contribution in [0, 0.1) is 5.92 Å².